The molecule has 1 aliphatic rings. The SMILES string of the molecule is Cc1ccc(S(=O)(=O)n2cc(-c3cnn(Cc4ccccc4)c3)c3cc(-c4ccc(N5CCNCC5)nc4)cnc32)cc1. The van der Waals surface area contributed by atoms with Crippen LogP contribution in [-0.4, -0.2) is 58.3 Å². The van der Waals surface area contributed by atoms with E-state index in [-0.39, 0.29) is 4.90 Å². The van der Waals surface area contributed by atoms with Crippen LogP contribution in [-0.2, 0) is 16.6 Å². The molecule has 1 fully saturated rings. The third-order valence-corrected chi connectivity index (χ3v) is 9.51. The monoisotopic (exact) mass is 589 g/mol. The summed E-state index contributed by atoms with van der Waals surface area (Å²) in [5, 5.41) is 8.68. The van der Waals surface area contributed by atoms with E-state index in [0.29, 0.717) is 12.2 Å². The van der Waals surface area contributed by atoms with Crippen LogP contribution in [0.5, 0.6) is 0 Å². The largest absolute Gasteiger partial charge is 0.354 e. The number of aryl methyl sites for hydroxylation is 1. The topological polar surface area (TPSA) is 97.9 Å². The molecule has 43 heavy (non-hydrogen) atoms. The number of pyridine rings is 2. The second kappa shape index (κ2) is 11.1. The Balaban J connectivity index is 1.31. The summed E-state index contributed by atoms with van der Waals surface area (Å²) in [7, 11) is -3.90. The molecular formula is C33H31N7O2S. The lowest BCUT2D eigenvalue weighted by atomic mass is 10.1. The first-order valence-electron chi connectivity index (χ1n) is 14.3. The molecule has 0 saturated carbocycles. The summed E-state index contributed by atoms with van der Waals surface area (Å²) in [6, 6.07) is 23.0. The molecule has 0 spiro atoms. The van der Waals surface area contributed by atoms with E-state index in [1.165, 1.54) is 3.97 Å². The highest BCUT2D eigenvalue weighted by molar-refractivity contribution is 7.90. The fraction of sp³-hybridized carbons (Fsp3) is 0.182. The van der Waals surface area contributed by atoms with E-state index in [2.05, 4.69) is 27.4 Å². The zero-order valence-corrected chi connectivity index (χ0v) is 24.6. The number of anilines is 1. The summed E-state index contributed by atoms with van der Waals surface area (Å²) >= 11 is 0. The summed E-state index contributed by atoms with van der Waals surface area (Å²) in [6.45, 7) is 6.26. The Morgan fingerprint density at radius 1 is 0.814 bits per heavy atom. The number of fused-ring (bicyclic) bond motifs is 1. The lowest BCUT2D eigenvalue weighted by molar-refractivity contribution is 0.585. The van der Waals surface area contributed by atoms with E-state index in [1.54, 1.807) is 42.9 Å². The average Bonchev–Trinajstić information content (AvgIpc) is 3.67. The van der Waals surface area contributed by atoms with Crippen LogP contribution >= 0.6 is 0 Å². The first-order valence-corrected chi connectivity index (χ1v) is 15.7. The Kier molecular flexibility index (Phi) is 7.00. The highest BCUT2D eigenvalue weighted by Crippen LogP contribution is 2.35. The lowest BCUT2D eigenvalue weighted by Crippen LogP contribution is -2.43. The van der Waals surface area contributed by atoms with E-state index >= 15 is 0 Å². The predicted octanol–water partition coefficient (Wildman–Crippen LogP) is 4.97. The van der Waals surface area contributed by atoms with Crippen molar-refractivity contribution >= 4 is 26.9 Å². The molecule has 10 heteroatoms. The quantitative estimate of drug-likeness (QED) is 0.281. The molecule has 9 nitrogen and oxygen atoms in total. The lowest BCUT2D eigenvalue weighted by Gasteiger charge is -2.28. The van der Waals surface area contributed by atoms with E-state index in [1.807, 2.05) is 60.4 Å². The van der Waals surface area contributed by atoms with Crippen molar-refractivity contribution in [3.05, 3.63) is 115 Å². The van der Waals surface area contributed by atoms with Gasteiger partial charge in [0.05, 0.1) is 17.6 Å². The van der Waals surface area contributed by atoms with E-state index < -0.39 is 10.0 Å². The Hall–Kier alpha value is -4.80. The van der Waals surface area contributed by atoms with E-state index in [9.17, 15) is 8.42 Å². The maximum Gasteiger partial charge on any atom is 0.269 e. The summed E-state index contributed by atoms with van der Waals surface area (Å²) in [5.41, 5.74) is 5.79. The highest BCUT2D eigenvalue weighted by atomic mass is 32.2. The molecule has 0 aliphatic carbocycles. The van der Waals surface area contributed by atoms with Crippen LogP contribution in [0.4, 0.5) is 5.82 Å². The summed E-state index contributed by atoms with van der Waals surface area (Å²) in [5.74, 6) is 0.946. The van der Waals surface area contributed by atoms with Crippen LogP contribution in [0.2, 0.25) is 0 Å². The van der Waals surface area contributed by atoms with E-state index in [4.69, 9.17) is 9.97 Å². The summed E-state index contributed by atoms with van der Waals surface area (Å²) < 4.78 is 30.9. The Morgan fingerprint density at radius 3 is 2.33 bits per heavy atom. The van der Waals surface area contributed by atoms with Crippen LogP contribution < -0.4 is 10.2 Å². The van der Waals surface area contributed by atoms with Gasteiger partial charge in [-0.25, -0.2) is 22.4 Å². The van der Waals surface area contributed by atoms with Crippen LogP contribution in [0.15, 0.2) is 109 Å². The van der Waals surface area contributed by atoms with Gasteiger partial charge < -0.3 is 10.2 Å². The molecule has 0 atom stereocenters. The van der Waals surface area contributed by atoms with Gasteiger partial charge in [0.1, 0.15) is 5.82 Å². The predicted molar refractivity (Wildman–Crippen MR) is 169 cm³/mol. The van der Waals surface area contributed by atoms with Crippen LogP contribution in [0.1, 0.15) is 11.1 Å². The van der Waals surface area contributed by atoms with Gasteiger partial charge in [-0.1, -0.05) is 48.0 Å². The van der Waals surface area contributed by atoms with Crippen molar-refractivity contribution in [1.82, 2.24) is 29.0 Å². The summed E-state index contributed by atoms with van der Waals surface area (Å²) in [4.78, 5) is 11.9. The molecule has 1 N–H and O–H groups in total. The molecule has 5 heterocycles. The van der Waals surface area contributed by atoms with Crippen LogP contribution in [0.3, 0.4) is 0 Å². The molecule has 1 aliphatic heterocycles. The number of hydrogen-bond donors (Lipinski definition) is 1. The van der Waals surface area contributed by atoms with Crippen LogP contribution in [0.25, 0.3) is 33.3 Å². The molecule has 0 amide bonds. The Labute approximate surface area is 250 Å². The van der Waals surface area contributed by atoms with Gasteiger partial charge in [0.15, 0.2) is 5.65 Å². The van der Waals surface area contributed by atoms with Crippen molar-refractivity contribution in [3.63, 3.8) is 0 Å². The fourth-order valence-electron chi connectivity index (χ4n) is 5.47. The van der Waals surface area contributed by atoms with Gasteiger partial charge in [-0.2, -0.15) is 5.10 Å². The number of rotatable bonds is 7. The number of aromatic nitrogens is 5. The normalized spacial score (nSPS) is 13.9. The minimum absolute atomic E-state index is 0.208. The van der Waals surface area contributed by atoms with Gasteiger partial charge >= 0.3 is 0 Å². The van der Waals surface area contributed by atoms with Crippen molar-refractivity contribution in [2.24, 2.45) is 0 Å². The third kappa shape index (κ3) is 5.31. The first-order chi connectivity index (χ1) is 21.0. The van der Waals surface area contributed by atoms with Gasteiger partial charge in [0.25, 0.3) is 10.0 Å². The molecule has 0 unspecified atom stereocenters. The second-order valence-electron chi connectivity index (χ2n) is 10.8. The fourth-order valence-corrected chi connectivity index (χ4v) is 6.80. The Bertz CT molecular complexity index is 1990. The molecule has 4 aromatic heterocycles. The van der Waals surface area contributed by atoms with Crippen molar-refractivity contribution in [3.8, 4) is 22.3 Å². The minimum atomic E-state index is -3.90. The number of benzene rings is 2. The molecule has 2 aromatic carbocycles. The van der Waals surface area contributed by atoms with E-state index in [0.717, 1.165) is 70.8 Å². The highest BCUT2D eigenvalue weighted by Gasteiger charge is 2.24. The average molecular weight is 590 g/mol. The number of piperazine rings is 1. The second-order valence-corrected chi connectivity index (χ2v) is 12.6. The van der Waals surface area contributed by atoms with Gasteiger partial charge in [-0.05, 0) is 42.8 Å². The third-order valence-electron chi connectivity index (χ3n) is 7.84. The molecule has 6 aromatic rings. The van der Waals surface area contributed by atoms with Crippen molar-refractivity contribution < 1.29 is 8.42 Å². The standard InChI is InChI=1S/C33H31N7O2S/c1-24-7-10-29(11-8-24)43(41,42)40-23-31(28-20-37-39(22-28)21-25-5-3-2-4-6-25)30-17-27(19-36-33(30)40)26-9-12-32(35-18-26)38-15-13-34-14-16-38/h2-12,17-20,22-23,34H,13-16,21H2,1H3. The van der Waals surface area contributed by atoms with Crippen LogP contribution in [0, 0.1) is 6.92 Å². The zero-order valence-electron chi connectivity index (χ0n) is 23.8. The van der Waals surface area contributed by atoms with Crippen molar-refractivity contribution in [2.75, 3.05) is 31.1 Å². The molecule has 0 radical (unpaired) electrons. The first kappa shape index (κ1) is 27.1. The van der Waals surface area contributed by atoms with Gasteiger partial charge in [-0.3, -0.25) is 4.68 Å². The van der Waals surface area contributed by atoms with Gasteiger partial charge in [0, 0.05) is 78.6 Å². The molecule has 0 bridgehead atoms. The number of nitrogens with zero attached hydrogens (tertiary/aromatic N) is 6. The van der Waals surface area contributed by atoms with Gasteiger partial charge in [-0.15, -0.1) is 0 Å². The number of hydrogen-bond acceptors (Lipinski definition) is 7. The van der Waals surface area contributed by atoms with Crippen molar-refractivity contribution in [1.29, 1.82) is 0 Å². The smallest absolute Gasteiger partial charge is 0.269 e. The van der Waals surface area contributed by atoms with Crippen molar-refractivity contribution in [2.45, 2.75) is 18.4 Å². The number of nitrogens with one attached hydrogen (secondary N) is 1. The maximum atomic E-state index is 13.9. The summed E-state index contributed by atoms with van der Waals surface area (Å²) in [6.07, 6.45) is 8.95. The Morgan fingerprint density at radius 2 is 1.58 bits per heavy atom. The molecule has 7 rings (SSSR count). The molecular weight excluding hydrogens is 558 g/mol. The molecule has 1 saturated heterocycles. The zero-order chi connectivity index (χ0) is 29.4. The maximum absolute atomic E-state index is 13.9. The molecule has 216 valence electrons. The van der Waals surface area contributed by atoms with Gasteiger partial charge in [0.2, 0.25) is 0 Å². The minimum Gasteiger partial charge on any atom is -0.354 e.